The van der Waals surface area contributed by atoms with Gasteiger partial charge in [0.15, 0.2) is 0 Å². The standard InChI is InChI=1S/C20H24ClNO2/c1-6-15-10-14-8-11(3)12(4)9-16(14)19-17(20(23)24-7-2)18(21)13(5)22(15)19/h8-9,15H,6-7,10H2,1-5H3/t15-/m0/s1. The highest BCUT2D eigenvalue weighted by atomic mass is 35.5. The van der Waals surface area contributed by atoms with Gasteiger partial charge in [0.05, 0.1) is 17.3 Å². The number of fused-ring (bicyclic) bond motifs is 3. The summed E-state index contributed by atoms with van der Waals surface area (Å²) in [4.78, 5) is 12.6. The SMILES string of the molecule is CCOC(=O)c1c(Cl)c(C)n2c1-c1cc(C)c(C)cc1C[C@@H]2CC. The predicted octanol–water partition coefficient (Wildman–Crippen LogP) is 5.42. The van der Waals surface area contributed by atoms with Crippen LogP contribution in [0.1, 0.15) is 59.1 Å². The molecule has 0 bridgehead atoms. The van der Waals surface area contributed by atoms with Crippen molar-refractivity contribution in [2.75, 3.05) is 6.61 Å². The summed E-state index contributed by atoms with van der Waals surface area (Å²) in [5.74, 6) is -0.333. The minimum absolute atomic E-state index is 0.315. The molecular formula is C20H24ClNO2. The maximum atomic E-state index is 12.6. The number of nitrogens with zero attached hydrogens (tertiary/aromatic N) is 1. The Bertz CT molecular complexity index is 820. The third-order valence-corrected chi connectivity index (χ3v) is 5.58. The van der Waals surface area contributed by atoms with Gasteiger partial charge in [0.2, 0.25) is 0 Å². The second-order valence-corrected chi connectivity index (χ2v) is 6.95. The van der Waals surface area contributed by atoms with Crippen LogP contribution in [0.25, 0.3) is 11.3 Å². The van der Waals surface area contributed by atoms with E-state index in [0.29, 0.717) is 23.2 Å². The Labute approximate surface area is 148 Å². The fourth-order valence-corrected chi connectivity index (χ4v) is 3.98. The Morgan fingerprint density at radius 1 is 1.25 bits per heavy atom. The van der Waals surface area contributed by atoms with Crippen molar-refractivity contribution in [1.82, 2.24) is 4.57 Å². The lowest BCUT2D eigenvalue weighted by Gasteiger charge is -2.30. The van der Waals surface area contributed by atoms with E-state index in [9.17, 15) is 4.79 Å². The number of carbonyl (C=O) groups is 1. The van der Waals surface area contributed by atoms with Gasteiger partial charge in [-0.3, -0.25) is 0 Å². The zero-order valence-corrected chi connectivity index (χ0v) is 15.8. The molecule has 3 rings (SSSR count). The van der Waals surface area contributed by atoms with E-state index in [1.165, 1.54) is 16.7 Å². The van der Waals surface area contributed by atoms with E-state index in [0.717, 1.165) is 29.8 Å². The smallest absolute Gasteiger partial charge is 0.341 e. The van der Waals surface area contributed by atoms with Crippen molar-refractivity contribution in [3.8, 4) is 11.3 Å². The van der Waals surface area contributed by atoms with Gasteiger partial charge in [0, 0.05) is 17.3 Å². The van der Waals surface area contributed by atoms with Crippen LogP contribution in [-0.2, 0) is 11.2 Å². The lowest BCUT2D eigenvalue weighted by atomic mass is 9.88. The molecule has 0 N–H and O–H groups in total. The summed E-state index contributed by atoms with van der Waals surface area (Å²) in [5, 5.41) is 0.521. The maximum absolute atomic E-state index is 12.6. The van der Waals surface area contributed by atoms with Crippen LogP contribution in [0.15, 0.2) is 12.1 Å². The van der Waals surface area contributed by atoms with Gasteiger partial charge in [0.25, 0.3) is 0 Å². The lowest BCUT2D eigenvalue weighted by Crippen LogP contribution is -2.20. The number of esters is 1. The van der Waals surface area contributed by atoms with Gasteiger partial charge in [-0.15, -0.1) is 0 Å². The van der Waals surface area contributed by atoms with E-state index < -0.39 is 0 Å². The Balaban J connectivity index is 2.34. The van der Waals surface area contributed by atoms with Crippen LogP contribution in [0.2, 0.25) is 5.02 Å². The molecule has 0 saturated carbocycles. The molecule has 128 valence electrons. The zero-order chi connectivity index (χ0) is 17.6. The van der Waals surface area contributed by atoms with E-state index in [1.54, 1.807) is 0 Å². The highest BCUT2D eigenvalue weighted by molar-refractivity contribution is 6.35. The van der Waals surface area contributed by atoms with Crippen LogP contribution in [0.5, 0.6) is 0 Å². The molecule has 0 fully saturated rings. The Kier molecular flexibility index (Phi) is 4.48. The van der Waals surface area contributed by atoms with E-state index in [1.807, 2.05) is 13.8 Å². The highest BCUT2D eigenvalue weighted by Gasteiger charge is 2.33. The second-order valence-electron chi connectivity index (χ2n) is 6.57. The summed E-state index contributed by atoms with van der Waals surface area (Å²) in [5.41, 5.74) is 7.29. The number of benzene rings is 1. The van der Waals surface area contributed by atoms with Crippen molar-refractivity contribution in [3.05, 3.63) is 45.1 Å². The summed E-state index contributed by atoms with van der Waals surface area (Å²) in [7, 11) is 0. The third-order valence-electron chi connectivity index (χ3n) is 5.12. The molecule has 24 heavy (non-hydrogen) atoms. The molecule has 1 atom stereocenters. The lowest BCUT2D eigenvalue weighted by molar-refractivity contribution is 0.0527. The summed E-state index contributed by atoms with van der Waals surface area (Å²) in [6, 6.07) is 4.75. The molecule has 0 aliphatic carbocycles. The predicted molar refractivity (Wildman–Crippen MR) is 98.1 cm³/mol. The van der Waals surface area contributed by atoms with E-state index >= 15 is 0 Å². The van der Waals surface area contributed by atoms with Gasteiger partial charge in [-0.1, -0.05) is 24.6 Å². The minimum atomic E-state index is -0.333. The Morgan fingerprint density at radius 2 is 1.92 bits per heavy atom. The average Bonchev–Trinajstić information content (AvgIpc) is 2.81. The van der Waals surface area contributed by atoms with Gasteiger partial charge in [-0.25, -0.2) is 4.79 Å². The van der Waals surface area contributed by atoms with Crippen molar-refractivity contribution in [2.45, 2.75) is 53.5 Å². The maximum Gasteiger partial charge on any atom is 0.341 e. The van der Waals surface area contributed by atoms with Crippen molar-refractivity contribution in [3.63, 3.8) is 0 Å². The fourth-order valence-electron chi connectivity index (χ4n) is 3.73. The number of aromatic nitrogens is 1. The molecule has 1 aromatic heterocycles. The number of hydrogen-bond donors (Lipinski definition) is 0. The van der Waals surface area contributed by atoms with Gasteiger partial charge >= 0.3 is 5.97 Å². The largest absolute Gasteiger partial charge is 0.462 e. The molecule has 2 aromatic rings. The van der Waals surface area contributed by atoms with Gasteiger partial charge < -0.3 is 9.30 Å². The van der Waals surface area contributed by atoms with Crippen LogP contribution < -0.4 is 0 Å². The summed E-state index contributed by atoms with van der Waals surface area (Å²) >= 11 is 6.57. The highest BCUT2D eigenvalue weighted by Crippen LogP contribution is 2.45. The van der Waals surface area contributed by atoms with Crippen LogP contribution in [0.3, 0.4) is 0 Å². The van der Waals surface area contributed by atoms with E-state index in [4.69, 9.17) is 16.3 Å². The van der Waals surface area contributed by atoms with Crippen LogP contribution >= 0.6 is 11.6 Å². The van der Waals surface area contributed by atoms with Crippen molar-refractivity contribution < 1.29 is 9.53 Å². The van der Waals surface area contributed by atoms with Crippen molar-refractivity contribution >= 4 is 17.6 Å². The molecule has 1 aromatic carbocycles. The first kappa shape index (κ1) is 17.1. The number of ether oxygens (including phenoxy) is 1. The van der Waals surface area contributed by atoms with Gasteiger partial charge in [-0.05, 0) is 63.3 Å². The molecule has 0 amide bonds. The van der Waals surface area contributed by atoms with Gasteiger partial charge in [0.1, 0.15) is 5.56 Å². The quantitative estimate of drug-likeness (QED) is 0.696. The van der Waals surface area contributed by atoms with Crippen LogP contribution in [0, 0.1) is 20.8 Å². The number of carbonyl (C=O) groups excluding carboxylic acids is 1. The molecule has 0 spiro atoms. The molecule has 4 heteroatoms. The second kappa shape index (κ2) is 6.29. The monoisotopic (exact) mass is 345 g/mol. The van der Waals surface area contributed by atoms with Crippen molar-refractivity contribution in [2.24, 2.45) is 0 Å². The Hall–Kier alpha value is -1.74. The van der Waals surface area contributed by atoms with Crippen LogP contribution in [-0.4, -0.2) is 17.1 Å². The van der Waals surface area contributed by atoms with E-state index in [-0.39, 0.29) is 5.97 Å². The molecule has 3 nitrogen and oxygen atoms in total. The molecule has 1 aliphatic rings. The topological polar surface area (TPSA) is 31.2 Å². The van der Waals surface area contributed by atoms with Gasteiger partial charge in [-0.2, -0.15) is 0 Å². The normalized spacial score (nSPS) is 15.8. The number of aryl methyl sites for hydroxylation is 2. The Morgan fingerprint density at radius 3 is 2.54 bits per heavy atom. The fraction of sp³-hybridized carbons (Fsp3) is 0.450. The molecule has 1 aliphatic heterocycles. The first-order valence-corrected chi connectivity index (χ1v) is 8.96. The number of rotatable bonds is 3. The van der Waals surface area contributed by atoms with Crippen LogP contribution in [0.4, 0.5) is 0 Å². The summed E-state index contributed by atoms with van der Waals surface area (Å²) < 4.78 is 7.53. The first-order valence-electron chi connectivity index (χ1n) is 8.58. The van der Waals surface area contributed by atoms with Crippen molar-refractivity contribution in [1.29, 1.82) is 0 Å². The summed E-state index contributed by atoms with van der Waals surface area (Å²) in [6.45, 7) is 10.6. The molecule has 0 unspecified atom stereocenters. The minimum Gasteiger partial charge on any atom is -0.462 e. The first-order chi connectivity index (χ1) is 11.4. The average molecular weight is 346 g/mol. The number of halogens is 1. The molecule has 0 saturated heterocycles. The summed E-state index contributed by atoms with van der Waals surface area (Å²) in [6.07, 6.45) is 1.96. The third kappa shape index (κ3) is 2.46. The molecule has 2 heterocycles. The molecular weight excluding hydrogens is 322 g/mol. The number of hydrogen-bond acceptors (Lipinski definition) is 2. The molecule has 0 radical (unpaired) electrons. The van der Waals surface area contributed by atoms with E-state index in [2.05, 4.69) is 37.5 Å². The zero-order valence-electron chi connectivity index (χ0n) is 15.0.